The van der Waals surface area contributed by atoms with Gasteiger partial charge in [-0.3, -0.25) is 9.78 Å². The number of rotatable bonds is 3. The topological polar surface area (TPSA) is 83.0 Å². The van der Waals surface area contributed by atoms with Crippen LogP contribution >= 0.6 is 0 Å². The van der Waals surface area contributed by atoms with Crippen LogP contribution in [0.5, 0.6) is 0 Å². The Labute approximate surface area is 123 Å². The normalized spacial score (nSPS) is 11.8. The predicted molar refractivity (Wildman–Crippen MR) is 83.7 cm³/mol. The van der Waals surface area contributed by atoms with Crippen LogP contribution in [0.4, 0.5) is 5.95 Å². The van der Waals surface area contributed by atoms with Crippen molar-refractivity contribution in [3.05, 3.63) is 51.4 Å². The van der Waals surface area contributed by atoms with Crippen LogP contribution in [0.1, 0.15) is 37.6 Å². The molecule has 1 heterocycles. The van der Waals surface area contributed by atoms with E-state index in [0.29, 0.717) is 5.69 Å². The summed E-state index contributed by atoms with van der Waals surface area (Å²) in [5.41, 5.74) is 5.04. The van der Waals surface area contributed by atoms with E-state index in [1.165, 1.54) is 5.56 Å². The molecule has 0 fully saturated rings. The summed E-state index contributed by atoms with van der Waals surface area (Å²) >= 11 is 0. The van der Waals surface area contributed by atoms with Gasteiger partial charge in [-0.2, -0.15) is 5.10 Å². The third-order valence-electron chi connectivity index (χ3n) is 3.02. The third-order valence-corrected chi connectivity index (χ3v) is 3.02. The highest BCUT2D eigenvalue weighted by Crippen LogP contribution is 2.21. The molecule has 1 aromatic heterocycles. The zero-order chi connectivity index (χ0) is 15.5. The first-order valence-corrected chi connectivity index (χ1v) is 6.69. The third kappa shape index (κ3) is 3.98. The van der Waals surface area contributed by atoms with E-state index in [1.54, 1.807) is 13.1 Å². The average molecular weight is 285 g/mol. The molecule has 0 radical (unpaired) electrons. The molecule has 0 atom stereocenters. The molecule has 6 nitrogen and oxygen atoms in total. The molecule has 0 aliphatic rings. The fraction of sp³-hybridized carbons (Fsp3) is 0.333. The monoisotopic (exact) mass is 285 g/mol. The van der Waals surface area contributed by atoms with Crippen molar-refractivity contribution in [3.63, 3.8) is 0 Å². The number of hydrogen-bond acceptors (Lipinski definition) is 5. The fourth-order valence-corrected chi connectivity index (χ4v) is 1.68. The number of aromatic nitrogens is 3. The molecule has 0 spiro atoms. The smallest absolute Gasteiger partial charge is 0.274 e. The molecular weight excluding hydrogens is 266 g/mol. The van der Waals surface area contributed by atoms with Gasteiger partial charge in [0.2, 0.25) is 5.95 Å². The van der Waals surface area contributed by atoms with Gasteiger partial charge < -0.3 is 0 Å². The van der Waals surface area contributed by atoms with Crippen LogP contribution in [-0.2, 0) is 5.41 Å². The molecule has 21 heavy (non-hydrogen) atoms. The van der Waals surface area contributed by atoms with Crippen LogP contribution in [0.15, 0.2) is 34.2 Å². The highest BCUT2D eigenvalue weighted by Gasteiger charge is 2.12. The van der Waals surface area contributed by atoms with E-state index in [9.17, 15) is 4.79 Å². The van der Waals surface area contributed by atoms with E-state index in [4.69, 9.17) is 0 Å². The molecule has 6 heteroatoms. The maximum Gasteiger partial charge on any atom is 0.274 e. The zero-order valence-electron chi connectivity index (χ0n) is 12.6. The van der Waals surface area contributed by atoms with Crippen molar-refractivity contribution in [2.24, 2.45) is 5.10 Å². The number of hydrogen-bond donors (Lipinski definition) is 2. The lowest BCUT2D eigenvalue weighted by Gasteiger charge is -2.18. The lowest BCUT2D eigenvalue weighted by molar-refractivity contribution is 0.590. The minimum absolute atomic E-state index is 0.130. The van der Waals surface area contributed by atoms with Gasteiger partial charge in [-0.1, -0.05) is 45.0 Å². The van der Waals surface area contributed by atoms with E-state index in [0.717, 1.165) is 5.56 Å². The lowest BCUT2D eigenvalue weighted by Crippen LogP contribution is -2.15. The molecule has 110 valence electrons. The number of aromatic amines is 1. The number of nitrogens with one attached hydrogen (secondary N) is 2. The molecule has 0 unspecified atom stereocenters. The minimum Gasteiger partial charge on any atom is -0.288 e. The van der Waals surface area contributed by atoms with Crippen LogP contribution in [-0.4, -0.2) is 21.4 Å². The predicted octanol–water partition coefficient (Wildman–Crippen LogP) is 2.22. The summed E-state index contributed by atoms with van der Waals surface area (Å²) in [6, 6.07) is 8.15. The van der Waals surface area contributed by atoms with Crippen molar-refractivity contribution >= 4 is 12.2 Å². The summed E-state index contributed by atoms with van der Waals surface area (Å²) < 4.78 is 0. The van der Waals surface area contributed by atoms with Crippen molar-refractivity contribution in [2.45, 2.75) is 33.1 Å². The molecule has 0 saturated heterocycles. The number of nitrogens with zero attached hydrogens (tertiary/aromatic N) is 3. The van der Waals surface area contributed by atoms with Crippen LogP contribution < -0.4 is 11.0 Å². The van der Waals surface area contributed by atoms with Crippen LogP contribution in [0.3, 0.4) is 0 Å². The molecule has 0 amide bonds. The van der Waals surface area contributed by atoms with Gasteiger partial charge in [0.1, 0.15) is 5.69 Å². The summed E-state index contributed by atoms with van der Waals surface area (Å²) in [6.45, 7) is 8.10. The van der Waals surface area contributed by atoms with Crippen molar-refractivity contribution in [1.29, 1.82) is 0 Å². The van der Waals surface area contributed by atoms with Gasteiger partial charge in [0, 0.05) is 0 Å². The Morgan fingerprint density at radius 1 is 1.19 bits per heavy atom. The molecular formula is C15H19N5O. The summed E-state index contributed by atoms with van der Waals surface area (Å²) in [6.07, 6.45) is 1.66. The van der Waals surface area contributed by atoms with Crippen molar-refractivity contribution in [3.8, 4) is 0 Å². The molecule has 2 aromatic rings. The SMILES string of the molecule is Cc1nnc(N/N=C\c2ccc(C(C)(C)C)cc2)[nH]c1=O. The Hall–Kier alpha value is -2.50. The minimum atomic E-state index is -0.280. The first-order chi connectivity index (χ1) is 9.86. The quantitative estimate of drug-likeness (QED) is 0.669. The maximum absolute atomic E-state index is 11.4. The summed E-state index contributed by atoms with van der Waals surface area (Å²) in [7, 11) is 0. The lowest BCUT2D eigenvalue weighted by atomic mass is 9.87. The average Bonchev–Trinajstić information content (AvgIpc) is 2.42. The van der Waals surface area contributed by atoms with Gasteiger partial charge in [-0.15, -0.1) is 10.2 Å². The van der Waals surface area contributed by atoms with Crippen LogP contribution in [0.2, 0.25) is 0 Å². The van der Waals surface area contributed by atoms with Gasteiger partial charge in [0.05, 0.1) is 6.21 Å². The van der Waals surface area contributed by atoms with Gasteiger partial charge in [-0.05, 0) is 23.5 Å². The summed E-state index contributed by atoms with van der Waals surface area (Å²) in [4.78, 5) is 13.9. The highest BCUT2D eigenvalue weighted by molar-refractivity contribution is 5.80. The first kappa shape index (κ1) is 14.9. The summed E-state index contributed by atoms with van der Waals surface area (Å²) in [5.74, 6) is 0.216. The second-order valence-electron chi connectivity index (χ2n) is 5.83. The molecule has 2 N–H and O–H groups in total. The van der Waals surface area contributed by atoms with E-state index in [1.807, 2.05) is 12.1 Å². The standard InChI is InChI=1S/C15H19N5O/c1-10-13(21)17-14(20-18-10)19-16-9-11-5-7-12(8-6-11)15(2,3)4/h5-9H,1-4H3,(H2,17,19,20,21)/b16-9-. The molecule has 0 aliphatic carbocycles. The Morgan fingerprint density at radius 2 is 1.86 bits per heavy atom. The Balaban J connectivity index is 2.04. The molecule has 0 bridgehead atoms. The first-order valence-electron chi connectivity index (χ1n) is 6.69. The molecule has 0 aliphatic heterocycles. The number of H-pyrrole nitrogens is 1. The fourth-order valence-electron chi connectivity index (χ4n) is 1.68. The van der Waals surface area contributed by atoms with Crippen molar-refractivity contribution in [2.75, 3.05) is 5.43 Å². The van der Waals surface area contributed by atoms with Crippen molar-refractivity contribution < 1.29 is 0 Å². The summed E-state index contributed by atoms with van der Waals surface area (Å²) in [5, 5.41) is 11.5. The van der Waals surface area contributed by atoms with Gasteiger partial charge in [-0.25, -0.2) is 5.43 Å². The van der Waals surface area contributed by atoms with E-state index < -0.39 is 0 Å². The second kappa shape index (κ2) is 5.87. The van der Waals surface area contributed by atoms with Gasteiger partial charge >= 0.3 is 0 Å². The zero-order valence-corrected chi connectivity index (χ0v) is 12.6. The van der Waals surface area contributed by atoms with E-state index >= 15 is 0 Å². The molecule has 1 aromatic carbocycles. The number of hydrazone groups is 1. The van der Waals surface area contributed by atoms with Crippen molar-refractivity contribution in [1.82, 2.24) is 15.2 Å². The molecule has 2 rings (SSSR count). The maximum atomic E-state index is 11.4. The Kier molecular flexibility index (Phi) is 4.16. The van der Waals surface area contributed by atoms with Crippen LogP contribution in [0, 0.1) is 6.92 Å². The van der Waals surface area contributed by atoms with E-state index in [-0.39, 0.29) is 16.9 Å². The molecule has 0 saturated carbocycles. The van der Waals surface area contributed by atoms with Crippen LogP contribution in [0.25, 0.3) is 0 Å². The van der Waals surface area contributed by atoms with Gasteiger partial charge in [0.15, 0.2) is 0 Å². The number of benzene rings is 1. The van der Waals surface area contributed by atoms with E-state index in [2.05, 4.69) is 58.6 Å². The Bertz CT molecular complexity index is 695. The van der Waals surface area contributed by atoms with Gasteiger partial charge in [0.25, 0.3) is 5.56 Å². The number of aryl methyl sites for hydroxylation is 1. The second-order valence-corrected chi connectivity index (χ2v) is 5.83. The Morgan fingerprint density at radius 3 is 2.43 bits per heavy atom. The largest absolute Gasteiger partial charge is 0.288 e. The number of anilines is 1. The highest BCUT2D eigenvalue weighted by atomic mass is 16.1.